The van der Waals surface area contributed by atoms with Crippen molar-refractivity contribution in [1.29, 1.82) is 0 Å². The fourth-order valence-corrected chi connectivity index (χ4v) is 4.62. The molecule has 0 saturated heterocycles. The number of nitrogens with one attached hydrogen (secondary N) is 1. The minimum absolute atomic E-state index is 0.143. The molecular weight excluding hydrogens is 494 g/mol. The first kappa shape index (κ1) is 22.3. The van der Waals surface area contributed by atoms with E-state index in [1.54, 1.807) is 48.9 Å². The molecule has 0 aliphatic rings. The fourth-order valence-electron chi connectivity index (χ4n) is 3.04. The first-order valence-electron chi connectivity index (χ1n) is 10.1. The molecule has 4 heterocycles. The molecule has 1 aromatic carbocycles. The summed E-state index contributed by atoms with van der Waals surface area (Å²) in [5.41, 5.74) is 2.74. The molecule has 0 unspecified atom stereocenters. The maximum atomic E-state index is 12.4. The molecule has 34 heavy (non-hydrogen) atoms. The van der Waals surface area contributed by atoms with Crippen LogP contribution in [0.3, 0.4) is 0 Å². The smallest absolute Gasteiger partial charge is 0.226 e. The van der Waals surface area contributed by atoms with Crippen LogP contribution in [0.4, 0.5) is 5.13 Å². The minimum atomic E-state index is -0.143. The van der Waals surface area contributed by atoms with E-state index < -0.39 is 0 Å². The first-order valence-corrected chi connectivity index (χ1v) is 12.4. The number of furan rings is 2. The predicted molar refractivity (Wildman–Crippen MR) is 132 cm³/mol. The lowest BCUT2D eigenvalue weighted by molar-refractivity contribution is -0.115. The van der Waals surface area contributed by atoms with Crippen LogP contribution in [0.1, 0.15) is 6.42 Å². The molecule has 0 spiro atoms. The average Bonchev–Trinajstić information content (AvgIpc) is 3.62. The SMILES string of the molecule is O=C(CCSc1nnc(-c2ccco2)c(-c2ccco2)n1)Nc1nc(-c2ccc(Cl)cc2)cs1. The highest BCUT2D eigenvalue weighted by Crippen LogP contribution is 2.31. The van der Waals surface area contributed by atoms with Gasteiger partial charge >= 0.3 is 0 Å². The quantitative estimate of drug-likeness (QED) is 0.243. The highest BCUT2D eigenvalue weighted by Gasteiger charge is 2.18. The maximum absolute atomic E-state index is 12.4. The Bertz CT molecular complexity index is 1390. The van der Waals surface area contributed by atoms with Crippen LogP contribution in [0, 0.1) is 0 Å². The van der Waals surface area contributed by atoms with E-state index in [2.05, 4.69) is 25.5 Å². The number of aromatic nitrogens is 4. The zero-order valence-corrected chi connectivity index (χ0v) is 19.9. The summed E-state index contributed by atoms with van der Waals surface area (Å²) in [7, 11) is 0. The molecule has 0 radical (unpaired) electrons. The van der Waals surface area contributed by atoms with Crippen LogP contribution in [0.25, 0.3) is 34.2 Å². The van der Waals surface area contributed by atoms with E-state index in [0.29, 0.717) is 44.0 Å². The third kappa shape index (κ3) is 5.19. The summed E-state index contributed by atoms with van der Waals surface area (Å²) in [5, 5.41) is 14.8. The van der Waals surface area contributed by atoms with Gasteiger partial charge in [-0.15, -0.1) is 21.5 Å². The molecule has 8 nitrogen and oxygen atoms in total. The summed E-state index contributed by atoms with van der Waals surface area (Å²) in [6.07, 6.45) is 3.39. The molecule has 0 aliphatic heterocycles. The Kier molecular flexibility index (Phi) is 6.70. The molecule has 1 amide bonds. The van der Waals surface area contributed by atoms with Gasteiger partial charge in [-0.05, 0) is 36.4 Å². The van der Waals surface area contributed by atoms with Gasteiger partial charge < -0.3 is 14.2 Å². The summed E-state index contributed by atoms with van der Waals surface area (Å²) >= 11 is 8.64. The minimum Gasteiger partial charge on any atom is -0.463 e. The van der Waals surface area contributed by atoms with E-state index in [9.17, 15) is 4.79 Å². The van der Waals surface area contributed by atoms with Crippen molar-refractivity contribution in [2.45, 2.75) is 11.6 Å². The lowest BCUT2D eigenvalue weighted by atomic mass is 10.2. The van der Waals surface area contributed by atoms with E-state index in [-0.39, 0.29) is 12.3 Å². The van der Waals surface area contributed by atoms with Gasteiger partial charge in [0.2, 0.25) is 11.1 Å². The van der Waals surface area contributed by atoms with Gasteiger partial charge in [0.05, 0.1) is 18.2 Å². The highest BCUT2D eigenvalue weighted by atomic mass is 35.5. The van der Waals surface area contributed by atoms with Crippen LogP contribution in [-0.2, 0) is 4.79 Å². The van der Waals surface area contributed by atoms with Crippen LogP contribution in [-0.4, -0.2) is 31.8 Å². The van der Waals surface area contributed by atoms with Crippen LogP contribution in [0.2, 0.25) is 5.02 Å². The number of thioether (sulfide) groups is 1. The van der Waals surface area contributed by atoms with Gasteiger partial charge in [0, 0.05) is 28.1 Å². The molecule has 11 heteroatoms. The second kappa shape index (κ2) is 10.2. The van der Waals surface area contributed by atoms with Crippen LogP contribution >= 0.6 is 34.7 Å². The third-order valence-electron chi connectivity index (χ3n) is 4.63. The number of nitrogens with zero attached hydrogens (tertiary/aromatic N) is 4. The molecule has 5 rings (SSSR count). The van der Waals surface area contributed by atoms with Gasteiger partial charge in [-0.3, -0.25) is 4.79 Å². The van der Waals surface area contributed by atoms with E-state index in [4.69, 9.17) is 20.4 Å². The molecule has 0 bridgehead atoms. The molecule has 170 valence electrons. The Labute approximate surface area is 207 Å². The van der Waals surface area contributed by atoms with Crippen molar-refractivity contribution < 1.29 is 13.6 Å². The molecule has 0 aliphatic carbocycles. The van der Waals surface area contributed by atoms with Crippen molar-refractivity contribution in [3.05, 3.63) is 71.5 Å². The average molecular weight is 510 g/mol. The van der Waals surface area contributed by atoms with Gasteiger partial charge in [0.25, 0.3) is 0 Å². The number of carbonyl (C=O) groups excluding carboxylic acids is 1. The zero-order valence-electron chi connectivity index (χ0n) is 17.5. The second-order valence-electron chi connectivity index (χ2n) is 6.94. The van der Waals surface area contributed by atoms with Gasteiger partial charge in [0.15, 0.2) is 22.3 Å². The van der Waals surface area contributed by atoms with Crippen molar-refractivity contribution in [2.75, 3.05) is 11.1 Å². The summed E-state index contributed by atoms with van der Waals surface area (Å²) in [5.74, 6) is 1.43. The number of hydrogen-bond acceptors (Lipinski definition) is 9. The fraction of sp³-hybridized carbons (Fsp3) is 0.0870. The number of rotatable bonds is 8. The maximum Gasteiger partial charge on any atom is 0.226 e. The van der Waals surface area contributed by atoms with E-state index in [0.717, 1.165) is 11.3 Å². The van der Waals surface area contributed by atoms with E-state index in [1.165, 1.54) is 23.1 Å². The van der Waals surface area contributed by atoms with Crippen LogP contribution < -0.4 is 5.32 Å². The second-order valence-corrected chi connectivity index (χ2v) is 9.29. The number of benzene rings is 1. The monoisotopic (exact) mass is 509 g/mol. The molecule has 4 aromatic heterocycles. The summed E-state index contributed by atoms with van der Waals surface area (Å²) in [6, 6.07) is 14.5. The molecule has 0 atom stereocenters. The summed E-state index contributed by atoms with van der Waals surface area (Å²) < 4.78 is 11.0. The Balaban J connectivity index is 1.20. The van der Waals surface area contributed by atoms with Crippen molar-refractivity contribution in [2.24, 2.45) is 0 Å². The van der Waals surface area contributed by atoms with Gasteiger partial charge in [-0.25, -0.2) is 9.97 Å². The number of thiazole rings is 1. The zero-order chi connectivity index (χ0) is 23.3. The molecule has 0 fully saturated rings. The number of anilines is 1. The molecule has 1 N–H and O–H groups in total. The number of amides is 1. The van der Waals surface area contributed by atoms with Gasteiger partial charge in [-0.2, -0.15) is 0 Å². The molecule has 5 aromatic rings. The van der Waals surface area contributed by atoms with Gasteiger partial charge in [0.1, 0.15) is 5.69 Å². The first-order chi connectivity index (χ1) is 16.7. The van der Waals surface area contributed by atoms with Crippen LogP contribution in [0.15, 0.2) is 80.4 Å². The van der Waals surface area contributed by atoms with Crippen molar-refractivity contribution >= 4 is 45.7 Å². The van der Waals surface area contributed by atoms with E-state index in [1.807, 2.05) is 17.5 Å². The standard InChI is InChI=1S/C23H16ClN5O3S2/c24-15-7-5-14(6-8-15)16-13-34-22(25-16)26-19(30)9-12-33-23-27-20(17-3-1-10-31-17)21(28-29-23)18-4-2-11-32-18/h1-8,10-11,13H,9,12H2,(H,25,26,30). The number of halogens is 1. The van der Waals surface area contributed by atoms with Crippen molar-refractivity contribution in [3.8, 4) is 34.2 Å². The van der Waals surface area contributed by atoms with E-state index >= 15 is 0 Å². The number of carbonyl (C=O) groups is 1. The van der Waals surface area contributed by atoms with Gasteiger partial charge in [-0.1, -0.05) is 35.5 Å². The van der Waals surface area contributed by atoms with Crippen molar-refractivity contribution in [1.82, 2.24) is 20.2 Å². The predicted octanol–water partition coefficient (Wildman–Crippen LogP) is 6.29. The molecule has 0 saturated carbocycles. The highest BCUT2D eigenvalue weighted by molar-refractivity contribution is 7.99. The Morgan fingerprint density at radius 3 is 2.41 bits per heavy atom. The summed E-state index contributed by atoms with van der Waals surface area (Å²) in [4.78, 5) is 21.4. The number of hydrogen-bond donors (Lipinski definition) is 1. The normalized spacial score (nSPS) is 11.0. The third-order valence-corrected chi connectivity index (χ3v) is 6.48. The Morgan fingerprint density at radius 2 is 1.71 bits per heavy atom. The Hall–Kier alpha value is -3.47. The van der Waals surface area contributed by atoms with Crippen LogP contribution in [0.5, 0.6) is 0 Å². The topological polar surface area (TPSA) is 107 Å². The lowest BCUT2D eigenvalue weighted by Gasteiger charge is -2.05. The van der Waals surface area contributed by atoms with Crippen molar-refractivity contribution in [3.63, 3.8) is 0 Å². The largest absolute Gasteiger partial charge is 0.463 e. The molecular formula is C23H16ClN5O3S2. The summed E-state index contributed by atoms with van der Waals surface area (Å²) in [6.45, 7) is 0. The lowest BCUT2D eigenvalue weighted by Crippen LogP contribution is -2.12. The Morgan fingerprint density at radius 1 is 0.971 bits per heavy atom.